The Kier molecular flexibility index (Phi) is 33.3. The zero-order chi connectivity index (χ0) is 29.2. The normalized spacial score (nSPS) is 12.6. The van der Waals surface area contributed by atoms with Gasteiger partial charge in [-0.15, -0.1) is 0 Å². The maximum Gasteiger partial charge on any atom is 0.305 e. The van der Waals surface area contributed by atoms with E-state index in [1.807, 2.05) is 0 Å². The fourth-order valence-corrected chi connectivity index (χ4v) is 5.45. The van der Waals surface area contributed by atoms with Gasteiger partial charge in [0.15, 0.2) is 0 Å². The van der Waals surface area contributed by atoms with Crippen molar-refractivity contribution in [1.29, 1.82) is 0 Å². The molecule has 1 atom stereocenters. The molecule has 0 bridgehead atoms. The number of carbonyl (C=O) groups excluding carboxylic acids is 1. The summed E-state index contributed by atoms with van der Waals surface area (Å²) < 4.78 is 5.79. The zero-order valence-electron chi connectivity index (χ0n) is 27.7. The lowest BCUT2D eigenvalue weighted by Gasteiger charge is -2.17. The Balaban J connectivity index is 3.90. The van der Waals surface area contributed by atoms with Crippen LogP contribution in [0.15, 0.2) is 24.3 Å². The van der Waals surface area contributed by atoms with Gasteiger partial charge >= 0.3 is 5.97 Å². The average molecular weight is 561 g/mol. The minimum Gasteiger partial charge on any atom is -0.465 e. The molecular weight excluding hydrogens is 488 g/mol. The van der Waals surface area contributed by atoms with E-state index >= 15 is 0 Å². The van der Waals surface area contributed by atoms with Crippen molar-refractivity contribution >= 4 is 5.97 Å². The Morgan fingerprint density at radius 2 is 0.900 bits per heavy atom. The van der Waals surface area contributed by atoms with Crippen LogP contribution in [0.2, 0.25) is 0 Å². The summed E-state index contributed by atoms with van der Waals surface area (Å²) >= 11 is 0. The molecule has 0 aromatic heterocycles. The van der Waals surface area contributed by atoms with Gasteiger partial charge in [0.05, 0.1) is 6.61 Å². The van der Waals surface area contributed by atoms with Gasteiger partial charge in [-0.3, -0.25) is 4.79 Å². The molecule has 0 aliphatic heterocycles. The Morgan fingerprint density at radius 3 is 1.43 bits per heavy atom. The highest BCUT2D eigenvalue weighted by Gasteiger charge is 2.12. The van der Waals surface area contributed by atoms with Crippen molar-refractivity contribution in [1.82, 2.24) is 0 Å². The van der Waals surface area contributed by atoms with Crippen molar-refractivity contribution in [3.63, 3.8) is 0 Å². The summed E-state index contributed by atoms with van der Waals surface area (Å²) in [6.07, 6.45) is 44.7. The van der Waals surface area contributed by atoms with Crippen LogP contribution in [0.25, 0.3) is 0 Å². The lowest BCUT2D eigenvalue weighted by Crippen LogP contribution is -2.14. The molecule has 0 aliphatic rings. The van der Waals surface area contributed by atoms with E-state index in [-0.39, 0.29) is 5.97 Å². The Morgan fingerprint density at radius 1 is 0.500 bits per heavy atom. The van der Waals surface area contributed by atoms with Gasteiger partial charge in [-0.25, -0.2) is 0 Å². The van der Waals surface area contributed by atoms with Crippen LogP contribution in [-0.4, -0.2) is 12.6 Å². The molecule has 1 unspecified atom stereocenters. The van der Waals surface area contributed by atoms with Crippen LogP contribution in [0.5, 0.6) is 0 Å². The molecule has 2 heteroatoms. The van der Waals surface area contributed by atoms with Crippen LogP contribution in [0.4, 0.5) is 0 Å². The third-order valence-electron chi connectivity index (χ3n) is 8.24. The van der Waals surface area contributed by atoms with Crippen molar-refractivity contribution in [2.45, 2.75) is 201 Å². The molecule has 0 N–H and O–H groups in total. The Hall–Kier alpha value is -1.05. The van der Waals surface area contributed by atoms with Gasteiger partial charge in [0.25, 0.3) is 0 Å². The number of esters is 1. The second-order valence-electron chi connectivity index (χ2n) is 12.3. The Bertz CT molecular complexity index is 550. The van der Waals surface area contributed by atoms with E-state index in [0.29, 0.717) is 18.9 Å². The second kappa shape index (κ2) is 34.2. The van der Waals surface area contributed by atoms with E-state index in [4.69, 9.17) is 4.74 Å². The summed E-state index contributed by atoms with van der Waals surface area (Å²) in [5, 5.41) is 0. The summed E-state index contributed by atoms with van der Waals surface area (Å²) in [4.78, 5) is 12.4. The first-order valence-corrected chi connectivity index (χ1v) is 18.2. The quantitative estimate of drug-likeness (QED) is 0.0464. The van der Waals surface area contributed by atoms with E-state index < -0.39 is 0 Å². The predicted molar refractivity (Wildman–Crippen MR) is 179 cm³/mol. The molecule has 0 aromatic rings. The highest BCUT2D eigenvalue weighted by Crippen LogP contribution is 2.20. The lowest BCUT2D eigenvalue weighted by molar-refractivity contribution is -0.145. The average Bonchev–Trinajstić information content (AvgIpc) is 2.96. The number of hydrogen-bond donors (Lipinski definition) is 0. The van der Waals surface area contributed by atoms with Crippen LogP contribution >= 0.6 is 0 Å². The van der Waals surface area contributed by atoms with Gasteiger partial charge in [0.1, 0.15) is 0 Å². The van der Waals surface area contributed by atoms with Crippen LogP contribution < -0.4 is 0 Å². The summed E-state index contributed by atoms with van der Waals surface area (Å²) in [5.41, 5.74) is 0. The second-order valence-corrected chi connectivity index (χ2v) is 12.3. The number of allylic oxidation sites excluding steroid dienone is 4. The van der Waals surface area contributed by atoms with E-state index in [9.17, 15) is 4.79 Å². The Labute approximate surface area is 252 Å². The lowest BCUT2D eigenvalue weighted by atomic mass is 9.94. The summed E-state index contributed by atoms with van der Waals surface area (Å²) in [7, 11) is 0. The molecule has 0 heterocycles. The van der Waals surface area contributed by atoms with E-state index in [1.165, 1.54) is 154 Å². The SMILES string of the molecule is CCCCC/C=C\C/C=C\CCCCCCCC(=O)OCC(CCCCCCCC)CCCCCCCCCC. The molecule has 0 amide bonds. The third-order valence-corrected chi connectivity index (χ3v) is 8.24. The molecule has 0 saturated carbocycles. The fourth-order valence-electron chi connectivity index (χ4n) is 5.45. The molecule has 0 fully saturated rings. The number of carbonyl (C=O) groups is 1. The van der Waals surface area contributed by atoms with Gasteiger partial charge in [-0.2, -0.15) is 0 Å². The fraction of sp³-hybridized carbons (Fsp3) is 0.868. The maximum atomic E-state index is 12.4. The molecule has 0 radical (unpaired) electrons. The molecule has 2 nitrogen and oxygen atoms in total. The third kappa shape index (κ3) is 31.5. The summed E-state index contributed by atoms with van der Waals surface area (Å²) in [6, 6.07) is 0. The van der Waals surface area contributed by atoms with Gasteiger partial charge in [0, 0.05) is 6.42 Å². The first-order valence-electron chi connectivity index (χ1n) is 18.2. The number of unbranched alkanes of at least 4 members (excludes halogenated alkanes) is 20. The topological polar surface area (TPSA) is 26.3 Å². The summed E-state index contributed by atoms with van der Waals surface area (Å²) in [5.74, 6) is 0.606. The minimum atomic E-state index is 0.0366. The minimum absolute atomic E-state index is 0.0366. The number of rotatable bonds is 32. The van der Waals surface area contributed by atoms with E-state index in [2.05, 4.69) is 45.1 Å². The first kappa shape index (κ1) is 39.0. The molecule has 0 saturated heterocycles. The van der Waals surface area contributed by atoms with Gasteiger partial charge in [0.2, 0.25) is 0 Å². The molecule has 236 valence electrons. The van der Waals surface area contributed by atoms with Crippen molar-refractivity contribution in [2.75, 3.05) is 6.61 Å². The van der Waals surface area contributed by atoms with Crippen molar-refractivity contribution < 1.29 is 9.53 Å². The van der Waals surface area contributed by atoms with Crippen LogP contribution in [-0.2, 0) is 9.53 Å². The number of ether oxygens (including phenoxy) is 1. The van der Waals surface area contributed by atoms with Crippen molar-refractivity contribution in [3.05, 3.63) is 24.3 Å². The largest absolute Gasteiger partial charge is 0.465 e. The highest BCUT2D eigenvalue weighted by molar-refractivity contribution is 5.69. The smallest absolute Gasteiger partial charge is 0.305 e. The van der Waals surface area contributed by atoms with Gasteiger partial charge in [-0.1, -0.05) is 167 Å². The van der Waals surface area contributed by atoms with Crippen molar-refractivity contribution in [2.24, 2.45) is 5.92 Å². The monoisotopic (exact) mass is 561 g/mol. The predicted octanol–water partition coefficient (Wildman–Crippen LogP) is 13.2. The van der Waals surface area contributed by atoms with Crippen molar-refractivity contribution in [3.8, 4) is 0 Å². The molecule has 0 spiro atoms. The highest BCUT2D eigenvalue weighted by atomic mass is 16.5. The first-order chi connectivity index (χ1) is 19.7. The summed E-state index contributed by atoms with van der Waals surface area (Å²) in [6.45, 7) is 7.48. The standard InChI is InChI=1S/C38H72O2/c1-4-7-10-13-16-18-19-20-21-22-23-24-26-29-32-35-38(39)40-36-37(33-30-27-15-12-9-6-3)34-31-28-25-17-14-11-8-5-2/h16,18,20-21,37H,4-15,17,19,22-36H2,1-3H3/b18-16-,21-20-. The maximum absolute atomic E-state index is 12.4. The molecular formula is C38H72O2. The molecule has 0 aromatic carbocycles. The van der Waals surface area contributed by atoms with Crippen LogP contribution in [0, 0.1) is 5.92 Å². The van der Waals surface area contributed by atoms with Crippen LogP contribution in [0.1, 0.15) is 201 Å². The van der Waals surface area contributed by atoms with Gasteiger partial charge in [-0.05, 0) is 57.3 Å². The van der Waals surface area contributed by atoms with Crippen LogP contribution in [0.3, 0.4) is 0 Å². The molecule has 40 heavy (non-hydrogen) atoms. The molecule has 0 rings (SSSR count). The van der Waals surface area contributed by atoms with Gasteiger partial charge < -0.3 is 4.74 Å². The molecule has 0 aliphatic carbocycles. The number of hydrogen-bond acceptors (Lipinski definition) is 2. The van der Waals surface area contributed by atoms with E-state index in [1.54, 1.807) is 0 Å². The zero-order valence-corrected chi connectivity index (χ0v) is 27.7. The van der Waals surface area contributed by atoms with E-state index in [0.717, 1.165) is 19.3 Å².